The maximum Gasteiger partial charge on any atom is 0.471 e. The van der Waals surface area contributed by atoms with Crippen molar-refractivity contribution in [1.82, 2.24) is 5.32 Å². The molecule has 8 nitrogen and oxygen atoms in total. The van der Waals surface area contributed by atoms with Gasteiger partial charge in [0, 0.05) is 12.5 Å². The summed E-state index contributed by atoms with van der Waals surface area (Å²) >= 11 is 0. The first-order chi connectivity index (χ1) is 12.2. The third kappa shape index (κ3) is 6.76. The number of nitrogens with zero attached hydrogens (tertiary/aromatic N) is 1. The molecule has 1 N–H and O–H groups in total. The van der Waals surface area contributed by atoms with Crippen LogP contribution < -0.4 is 10.1 Å². The number of ether oxygens (including phenoxy) is 2. The van der Waals surface area contributed by atoms with Gasteiger partial charge in [0.25, 0.3) is 0 Å². The van der Waals surface area contributed by atoms with Gasteiger partial charge in [0.1, 0.15) is 11.6 Å². The summed E-state index contributed by atoms with van der Waals surface area (Å²) in [6.45, 7) is 4.52. The number of nitrogens with one attached hydrogen (secondary N) is 1. The maximum absolute atomic E-state index is 12.5. The Kier molecular flexibility index (Phi) is 6.76. The molecule has 0 spiro atoms. The fraction of sp³-hybridized carbons (Fsp3) is 0.500. The molecule has 0 aliphatic rings. The van der Waals surface area contributed by atoms with Crippen LogP contribution in [0.15, 0.2) is 18.2 Å². The largest absolute Gasteiger partial charge is 0.490 e. The molecule has 0 aliphatic heterocycles. The number of carbonyl (C=O) groups is 2. The van der Waals surface area contributed by atoms with Crippen molar-refractivity contribution in [2.75, 3.05) is 7.11 Å². The van der Waals surface area contributed by atoms with Crippen LogP contribution in [0.5, 0.6) is 5.75 Å². The highest BCUT2D eigenvalue weighted by molar-refractivity contribution is 5.87. The van der Waals surface area contributed by atoms with Crippen molar-refractivity contribution in [2.24, 2.45) is 0 Å². The third-order valence-electron chi connectivity index (χ3n) is 3.13. The van der Waals surface area contributed by atoms with Crippen LogP contribution in [-0.2, 0) is 20.7 Å². The predicted molar refractivity (Wildman–Crippen MR) is 87.2 cm³/mol. The van der Waals surface area contributed by atoms with Gasteiger partial charge in [0.2, 0.25) is 0 Å². The average Bonchev–Trinajstić information content (AvgIpc) is 2.51. The van der Waals surface area contributed by atoms with Crippen LogP contribution in [0, 0.1) is 10.1 Å². The molecular formula is C16H19F3N2O6. The van der Waals surface area contributed by atoms with Crippen molar-refractivity contribution < 1.29 is 37.2 Å². The van der Waals surface area contributed by atoms with E-state index in [-0.39, 0.29) is 11.3 Å². The second kappa shape index (κ2) is 8.23. The second-order valence-corrected chi connectivity index (χ2v) is 6.52. The van der Waals surface area contributed by atoms with Crippen molar-refractivity contribution in [3.05, 3.63) is 33.9 Å². The van der Waals surface area contributed by atoms with E-state index in [1.54, 1.807) is 5.32 Å². The van der Waals surface area contributed by atoms with E-state index in [9.17, 15) is 32.9 Å². The maximum atomic E-state index is 12.5. The number of carbonyl (C=O) groups excluding carboxylic acids is 2. The number of methoxy groups -OCH3 is 1. The highest BCUT2D eigenvalue weighted by Crippen LogP contribution is 2.28. The molecule has 0 aliphatic carbocycles. The van der Waals surface area contributed by atoms with Crippen LogP contribution in [0.25, 0.3) is 0 Å². The van der Waals surface area contributed by atoms with Gasteiger partial charge in [0.15, 0.2) is 5.75 Å². The third-order valence-corrected chi connectivity index (χ3v) is 3.13. The van der Waals surface area contributed by atoms with Crippen LogP contribution in [-0.4, -0.2) is 41.7 Å². The monoisotopic (exact) mass is 392 g/mol. The Labute approximate surface area is 152 Å². The molecule has 1 atom stereocenters. The molecule has 11 heteroatoms. The van der Waals surface area contributed by atoms with E-state index in [4.69, 9.17) is 9.47 Å². The Morgan fingerprint density at radius 3 is 2.30 bits per heavy atom. The van der Waals surface area contributed by atoms with E-state index in [0.717, 1.165) is 6.07 Å². The molecule has 0 radical (unpaired) electrons. The highest BCUT2D eigenvalue weighted by Gasteiger charge is 2.41. The van der Waals surface area contributed by atoms with Crippen molar-refractivity contribution >= 4 is 17.6 Å². The van der Waals surface area contributed by atoms with E-state index in [2.05, 4.69) is 0 Å². The number of halogens is 3. The number of nitro benzene ring substituents is 1. The zero-order chi connectivity index (χ0) is 21.0. The van der Waals surface area contributed by atoms with Crippen LogP contribution in [0.1, 0.15) is 26.3 Å². The molecule has 1 aromatic carbocycles. The van der Waals surface area contributed by atoms with Gasteiger partial charge in [-0.25, -0.2) is 4.79 Å². The number of rotatable bonds is 6. The fourth-order valence-corrected chi connectivity index (χ4v) is 2.05. The lowest BCUT2D eigenvalue weighted by atomic mass is 10.0. The number of nitro groups is 1. The number of amides is 1. The van der Waals surface area contributed by atoms with Crippen LogP contribution in [0.4, 0.5) is 18.9 Å². The topological polar surface area (TPSA) is 108 Å². The minimum atomic E-state index is -5.20. The smallest absolute Gasteiger partial charge is 0.471 e. The molecule has 0 unspecified atom stereocenters. The minimum absolute atomic E-state index is 0.0584. The first-order valence-electron chi connectivity index (χ1n) is 7.66. The number of hydrogen-bond acceptors (Lipinski definition) is 6. The molecule has 27 heavy (non-hydrogen) atoms. The van der Waals surface area contributed by atoms with Gasteiger partial charge in [-0.15, -0.1) is 0 Å². The summed E-state index contributed by atoms with van der Waals surface area (Å²) in [6.07, 6.45) is -5.65. The van der Waals surface area contributed by atoms with Crippen LogP contribution in [0.2, 0.25) is 0 Å². The second-order valence-electron chi connectivity index (χ2n) is 6.52. The Hall–Kier alpha value is -2.85. The molecule has 1 rings (SSSR count). The quantitative estimate of drug-likeness (QED) is 0.453. The lowest BCUT2D eigenvalue weighted by Crippen LogP contribution is -2.49. The minimum Gasteiger partial charge on any atom is -0.490 e. The van der Waals surface area contributed by atoms with E-state index in [1.807, 2.05) is 0 Å². The number of esters is 1. The lowest BCUT2D eigenvalue weighted by Gasteiger charge is -2.25. The van der Waals surface area contributed by atoms with Crippen LogP contribution >= 0.6 is 0 Å². The Morgan fingerprint density at radius 1 is 1.26 bits per heavy atom. The van der Waals surface area contributed by atoms with Crippen molar-refractivity contribution in [1.29, 1.82) is 0 Å². The van der Waals surface area contributed by atoms with E-state index in [0.29, 0.717) is 0 Å². The highest BCUT2D eigenvalue weighted by atomic mass is 19.4. The Bertz CT molecular complexity index is 728. The van der Waals surface area contributed by atoms with Crippen molar-refractivity contribution in [3.8, 4) is 5.75 Å². The standard InChI is InChI=1S/C16H19F3N2O6/c1-15(2,3)27-13(22)10(20-14(23)16(17,18)19)7-9-5-6-12(26-4)11(8-9)21(24)25/h5-6,8,10H,7H2,1-4H3,(H,20,23)/t10-/m0/s1. The molecular weight excluding hydrogens is 373 g/mol. The van der Waals surface area contributed by atoms with Crippen molar-refractivity contribution in [3.63, 3.8) is 0 Å². The summed E-state index contributed by atoms with van der Waals surface area (Å²) in [7, 11) is 1.22. The Morgan fingerprint density at radius 2 is 1.85 bits per heavy atom. The molecule has 1 aromatic rings. The molecule has 0 fully saturated rings. The molecule has 150 valence electrons. The molecule has 0 aromatic heterocycles. The predicted octanol–water partition coefficient (Wildman–Crippen LogP) is 2.53. The van der Waals surface area contributed by atoms with Gasteiger partial charge >= 0.3 is 23.7 Å². The SMILES string of the molecule is COc1ccc(C[C@H](NC(=O)C(F)(F)F)C(=O)OC(C)(C)C)cc1[N+](=O)[O-]. The first kappa shape index (κ1) is 22.2. The van der Waals surface area contributed by atoms with E-state index >= 15 is 0 Å². The summed E-state index contributed by atoms with van der Waals surface area (Å²) in [5.41, 5.74) is -1.30. The summed E-state index contributed by atoms with van der Waals surface area (Å²) in [4.78, 5) is 33.8. The van der Waals surface area contributed by atoms with Gasteiger partial charge < -0.3 is 14.8 Å². The number of benzene rings is 1. The van der Waals surface area contributed by atoms with Gasteiger partial charge in [-0.05, 0) is 32.4 Å². The van der Waals surface area contributed by atoms with Gasteiger partial charge in [-0.2, -0.15) is 13.2 Å². The zero-order valence-corrected chi connectivity index (χ0v) is 15.0. The summed E-state index contributed by atoms with van der Waals surface area (Å²) in [5.74, 6) is -3.48. The molecule has 0 bridgehead atoms. The normalized spacial score (nSPS) is 12.9. The molecule has 0 saturated heterocycles. The lowest BCUT2D eigenvalue weighted by molar-refractivity contribution is -0.385. The molecule has 0 heterocycles. The summed E-state index contributed by atoms with van der Waals surface area (Å²) < 4.78 is 47.5. The summed E-state index contributed by atoms with van der Waals surface area (Å²) in [6, 6.07) is 1.94. The van der Waals surface area contributed by atoms with E-state index in [1.165, 1.54) is 40.0 Å². The number of alkyl halides is 3. The van der Waals surface area contributed by atoms with E-state index < -0.39 is 46.7 Å². The van der Waals surface area contributed by atoms with Crippen LogP contribution in [0.3, 0.4) is 0 Å². The zero-order valence-electron chi connectivity index (χ0n) is 15.0. The fourth-order valence-electron chi connectivity index (χ4n) is 2.05. The average molecular weight is 392 g/mol. The van der Waals surface area contributed by atoms with Gasteiger partial charge in [-0.1, -0.05) is 6.07 Å². The van der Waals surface area contributed by atoms with Gasteiger partial charge in [0.05, 0.1) is 12.0 Å². The number of hydrogen-bond donors (Lipinski definition) is 1. The molecule has 1 amide bonds. The first-order valence-corrected chi connectivity index (χ1v) is 7.66. The van der Waals surface area contributed by atoms with Gasteiger partial charge in [-0.3, -0.25) is 14.9 Å². The Balaban J connectivity index is 3.16. The summed E-state index contributed by atoms with van der Waals surface area (Å²) in [5, 5.41) is 12.6. The molecule has 0 saturated carbocycles. The van der Waals surface area contributed by atoms with Crippen molar-refractivity contribution in [2.45, 2.75) is 45.0 Å².